The van der Waals surface area contributed by atoms with Gasteiger partial charge in [-0.3, -0.25) is 5.43 Å². The molecular weight excluding hydrogens is 349 g/mol. The Morgan fingerprint density at radius 3 is 2.61 bits per heavy atom. The van der Waals surface area contributed by atoms with Crippen LogP contribution in [0.4, 0.5) is 14.5 Å². The maximum atomic E-state index is 13.3. The maximum absolute atomic E-state index is 13.3. The highest BCUT2D eigenvalue weighted by molar-refractivity contribution is 14.1. The van der Waals surface area contributed by atoms with Crippen molar-refractivity contribution in [1.82, 2.24) is 0 Å². The molecule has 0 saturated heterocycles. The van der Waals surface area contributed by atoms with Crippen LogP contribution in [-0.2, 0) is 0 Å². The molecule has 0 spiro atoms. The fourth-order valence-electron chi connectivity index (χ4n) is 1.33. The molecule has 18 heavy (non-hydrogen) atoms. The Bertz CT molecular complexity index is 585. The summed E-state index contributed by atoms with van der Waals surface area (Å²) in [6, 6.07) is 10.9. The summed E-state index contributed by atoms with van der Waals surface area (Å²) in [7, 11) is 0. The second-order valence-corrected chi connectivity index (χ2v) is 4.68. The SMILES string of the molecule is Fc1ccc(N/N=C/c2ccccc2I)c(F)c1. The molecule has 92 valence electrons. The molecule has 0 aliphatic carbocycles. The van der Waals surface area contributed by atoms with Crippen LogP contribution in [0.25, 0.3) is 0 Å². The topological polar surface area (TPSA) is 24.4 Å². The molecule has 0 radical (unpaired) electrons. The van der Waals surface area contributed by atoms with Crippen molar-refractivity contribution in [2.24, 2.45) is 5.10 Å². The summed E-state index contributed by atoms with van der Waals surface area (Å²) in [5.41, 5.74) is 3.60. The van der Waals surface area contributed by atoms with Gasteiger partial charge in [-0.2, -0.15) is 5.10 Å². The van der Waals surface area contributed by atoms with Gasteiger partial charge in [-0.15, -0.1) is 0 Å². The molecule has 1 N–H and O–H groups in total. The van der Waals surface area contributed by atoms with Gasteiger partial charge in [0.25, 0.3) is 0 Å². The van der Waals surface area contributed by atoms with Crippen molar-refractivity contribution < 1.29 is 8.78 Å². The van der Waals surface area contributed by atoms with Gasteiger partial charge in [-0.25, -0.2) is 8.78 Å². The Balaban J connectivity index is 2.10. The van der Waals surface area contributed by atoms with E-state index in [9.17, 15) is 8.78 Å². The van der Waals surface area contributed by atoms with Gasteiger partial charge in [0.2, 0.25) is 0 Å². The van der Waals surface area contributed by atoms with E-state index < -0.39 is 11.6 Å². The lowest BCUT2D eigenvalue weighted by Crippen LogP contribution is -1.95. The number of nitrogens with zero attached hydrogens (tertiary/aromatic N) is 1. The molecule has 0 bridgehead atoms. The van der Waals surface area contributed by atoms with Crippen molar-refractivity contribution in [2.75, 3.05) is 5.43 Å². The third-order valence-corrected chi connectivity index (χ3v) is 3.21. The van der Waals surface area contributed by atoms with Crippen LogP contribution in [0.3, 0.4) is 0 Å². The van der Waals surface area contributed by atoms with E-state index in [1.807, 2.05) is 24.3 Å². The number of anilines is 1. The van der Waals surface area contributed by atoms with Crippen LogP contribution in [0.1, 0.15) is 5.56 Å². The van der Waals surface area contributed by atoms with E-state index in [2.05, 4.69) is 33.1 Å². The molecule has 0 atom stereocenters. The molecular formula is C13H9F2IN2. The molecule has 0 amide bonds. The van der Waals surface area contributed by atoms with Crippen LogP contribution in [0.2, 0.25) is 0 Å². The van der Waals surface area contributed by atoms with Crippen molar-refractivity contribution in [3.05, 3.63) is 63.2 Å². The largest absolute Gasteiger partial charge is 0.276 e. The molecule has 0 aromatic heterocycles. The number of benzene rings is 2. The van der Waals surface area contributed by atoms with Gasteiger partial charge >= 0.3 is 0 Å². The van der Waals surface area contributed by atoms with Crippen LogP contribution in [0.5, 0.6) is 0 Å². The average molecular weight is 358 g/mol. The number of hydrogen-bond acceptors (Lipinski definition) is 2. The van der Waals surface area contributed by atoms with Crippen LogP contribution in [0.15, 0.2) is 47.6 Å². The Kier molecular flexibility index (Phi) is 4.24. The van der Waals surface area contributed by atoms with E-state index in [0.29, 0.717) is 0 Å². The molecule has 0 heterocycles. The van der Waals surface area contributed by atoms with Crippen molar-refractivity contribution in [1.29, 1.82) is 0 Å². The molecule has 2 aromatic rings. The zero-order valence-electron chi connectivity index (χ0n) is 9.20. The van der Waals surface area contributed by atoms with Gasteiger partial charge in [0.05, 0.1) is 11.9 Å². The summed E-state index contributed by atoms with van der Waals surface area (Å²) in [6.07, 6.45) is 1.59. The van der Waals surface area contributed by atoms with Crippen LogP contribution >= 0.6 is 22.6 Å². The summed E-state index contributed by atoms with van der Waals surface area (Å²) in [6.45, 7) is 0. The first-order chi connectivity index (χ1) is 8.66. The summed E-state index contributed by atoms with van der Waals surface area (Å²) in [4.78, 5) is 0. The fraction of sp³-hybridized carbons (Fsp3) is 0. The van der Waals surface area contributed by atoms with Gasteiger partial charge in [0.1, 0.15) is 5.82 Å². The first-order valence-electron chi connectivity index (χ1n) is 5.15. The molecule has 0 unspecified atom stereocenters. The number of hydrazone groups is 1. The predicted octanol–water partition coefficient (Wildman–Crippen LogP) is 4.02. The van der Waals surface area contributed by atoms with E-state index in [4.69, 9.17) is 0 Å². The van der Waals surface area contributed by atoms with Crippen molar-refractivity contribution in [3.63, 3.8) is 0 Å². The molecule has 0 aliphatic rings. The van der Waals surface area contributed by atoms with Gasteiger partial charge in [0.15, 0.2) is 5.82 Å². The highest BCUT2D eigenvalue weighted by atomic mass is 127. The number of hydrogen-bond donors (Lipinski definition) is 1. The highest BCUT2D eigenvalue weighted by Gasteiger charge is 2.01. The third kappa shape index (κ3) is 3.25. The minimum Gasteiger partial charge on any atom is -0.276 e. The molecule has 2 rings (SSSR count). The first-order valence-corrected chi connectivity index (χ1v) is 6.23. The fourth-order valence-corrected chi connectivity index (χ4v) is 1.86. The van der Waals surface area contributed by atoms with E-state index in [0.717, 1.165) is 15.2 Å². The summed E-state index contributed by atoms with van der Waals surface area (Å²) < 4.78 is 27.0. The third-order valence-electron chi connectivity index (χ3n) is 2.22. The van der Waals surface area contributed by atoms with Gasteiger partial charge in [-0.1, -0.05) is 18.2 Å². The summed E-state index contributed by atoms with van der Waals surface area (Å²) in [5.74, 6) is -1.28. The Hall–Kier alpha value is -1.50. The number of halogens is 3. The Morgan fingerprint density at radius 1 is 1.11 bits per heavy atom. The molecule has 2 nitrogen and oxygen atoms in total. The van der Waals surface area contributed by atoms with Gasteiger partial charge in [-0.05, 0) is 40.8 Å². The normalized spacial score (nSPS) is 10.8. The second-order valence-electron chi connectivity index (χ2n) is 3.52. The van der Waals surface area contributed by atoms with Gasteiger partial charge < -0.3 is 0 Å². The van der Waals surface area contributed by atoms with Crippen LogP contribution in [0, 0.1) is 15.2 Å². The van der Waals surface area contributed by atoms with E-state index in [-0.39, 0.29) is 5.69 Å². The number of rotatable bonds is 3. The molecule has 5 heteroatoms. The zero-order valence-corrected chi connectivity index (χ0v) is 11.4. The predicted molar refractivity (Wildman–Crippen MR) is 76.7 cm³/mol. The van der Waals surface area contributed by atoms with Crippen molar-refractivity contribution >= 4 is 34.5 Å². The zero-order chi connectivity index (χ0) is 13.0. The van der Waals surface area contributed by atoms with Crippen molar-refractivity contribution in [2.45, 2.75) is 0 Å². The molecule has 2 aromatic carbocycles. The highest BCUT2D eigenvalue weighted by Crippen LogP contribution is 2.15. The first kappa shape index (κ1) is 12.9. The van der Waals surface area contributed by atoms with Crippen molar-refractivity contribution in [3.8, 4) is 0 Å². The monoisotopic (exact) mass is 358 g/mol. The average Bonchev–Trinajstić information content (AvgIpc) is 2.34. The summed E-state index contributed by atoms with van der Waals surface area (Å²) in [5, 5.41) is 3.92. The van der Waals surface area contributed by atoms with Gasteiger partial charge in [0, 0.05) is 15.2 Å². The van der Waals surface area contributed by atoms with E-state index in [1.165, 1.54) is 12.1 Å². The quantitative estimate of drug-likeness (QED) is 0.500. The molecule has 0 saturated carbocycles. The Labute approximate surface area is 117 Å². The minimum absolute atomic E-state index is 0.138. The minimum atomic E-state index is -0.671. The molecule has 0 fully saturated rings. The lowest BCUT2D eigenvalue weighted by Gasteiger charge is -2.02. The lowest BCUT2D eigenvalue weighted by molar-refractivity contribution is 0.585. The number of nitrogens with one attached hydrogen (secondary N) is 1. The maximum Gasteiger partial charge on any atom is 0.151 e. The second kappa shape index (κ2) is 5.90. The Morgan fingerprint density at radius 2 is 1.89 bits per heavy atom. The smallest absolute Gasteiger partial charge is 0.151 e. The van der Waals surface area contributed by atoms with Crippen LogP contribution < -0.4 is 5.43 Å². The lowest BCUT2D eigenvalue weighted by atomic mass is 10.2. The van der Waals surface area contributed by atoms with Crippen LogP contribution in [-0.4, -0.2) is 6.21 Å². The standard InChI is InChI=1S/C13H9F2IN2/c14-10-5-6-13(11(15)7-10)18-17-8-9-3-1-2-4-12(9)16/h1-8,18H/b17-8+. The van der Waals surface area contributed by atoms with E-state index in [1.54, 1.807) is 6.21 Å². The molecule has 0 aliphatic heterocycles. The van der Waals surface area contributed by atoms with E-state index >= 15 is 0 Å². The summed E-state index contributed by atoms with van der Waals surface area (Å²) >= 11 is 2.18.